The Morgan fingerprint density at radius 3 is 2.75 bits per heavy atom. The van der Waals surface area contributed by atoms with Gasteiger partial charge >= 0.3 is 5.97 Å². The summed E-state index contributed by atoms with van der Waals surface area (Å²) < 4.78 is 6.75. The van der Waals surface area contributed by atoms with Crippen LogP contribution in [0.4, 0.5) is 5.13 Å². The Balaban J connectivity index is 1.34. The molecule has 0 aliphatic heterocycles. The number of pyridine rings is 1. The number of esters is 1. The van der Waals surface area contributed by atoms with Gasteiger partial charge in [0.2, 0.25) is 0 Å². The third-order valence-electron chi connectivity index (χ3n) is 4.01. The van der Waals surface area contributed by atoms with Crippen LogP contribution in [0.25, 0.3) is 16.9 Å². The van der Waals surface area contributed by atoms with Gasteiger partial charge in [-0.3, -0.25) is 10.1 Å². The largest absolute Gasteiger partial charge is 0.451 e. The molecule has 0 unspecified atom stereocenters. The predicted molar refractivity (Wildman–Crippen MR) is 106 cm³/mol. The number of aromatic nitrogens is 3. The maximum atomic E-state index is 12.1. The van der Waals surface area contributed by atoms with Gasteiger partial charge in [0.15, 0.2) is 17.4 Å². The summed E-state index contributed by atoms with van der Waals surface area (Å²) >= 11 is 1.31. The number of hydrogen-bond acceptors (Lipinski definition) is 6. The van der Waals surface area contributed by atoms with Crippen molar-refractivity contribution < 1.29 is 14.3 Å². The van der Waals surface area contributed by atoms with E-state index in [2.05, 4.69) is 15.3 Å². The van der Waals surface area contributed by atoms with Crippen molar-refractivity contribution in [3.05, 3.63) is 71.5 Å². The van der Waals surface area contributed by atoms with Gasteiger partial charge in [0.05, 0.1) is 5.69 Å². The minimum Gasteiger partial charge on any atom is -0.451 e. The fourth-order valence-corrected chi connectivity index (χ4v) is 3.32. The monoisotopic (exact) mass is 392 g/mol. The van der Waals surface area contributed by atoms with Crippen molar-refractivity contribution in [2.75, 3.05) is 11.9 Å². The zero-order chi connectivity index (χ0) is 19.5. The van der Waals surface area contributed by atoms with Crippen molar-refractivity contribution in [2.24, 2.45) is 0 Å². The Labute approximate surface area is 164 Å². The average Bonchev–Trinajstić information content (AvgIpc) is 3.33. The van der Waals surface area contributed by atoms with E-state index in [1.54, 1.807) is 22.9 Å². The van der Waals surface area contributed by atoms with Gasteiger partial charge in [0.25, 0.3) is 5.91 Å². The van der Waals surface area contributed by atoms with Crippen molar-refractivity contribution >= 4 is 34.0 Å². The molecule has 4 rings (SSSR count). The molecule has 0 aliphatic rings. The highest BCUT2D eigenvalue weighted by atomic mass is 32.1. The zero-order valence-corrected chi connectivity index (χ0v) is 15.8. The first-order chi connectivity index (χ1) is 13.6. The van der Waals surface area contributed by atoms with Gasteiger partial charge < -0.3 is 9.14 Å². The molecule has 7 nitrogen and oxygen atoms in total. The first-order valence-electron chi connectivity index (χ1n) is 8.52. The van der Waals surface area contributed by atoms with E-state index in [-0.39, 0.29) is 5.69 Å². The lowest BCUT2D eigenvalue weighted by atomic mass is 10.1. The lowest BCUT2D eigenvalue weighted by molar-refractivity contribution is -0.119. The normalized spacial score (nSPS) is 10.8. The second-order valence-corrected chi connectivity index (χ2v) is 6.98. The summed E-state index contributed by atoms with van der Waals surface area (Å²) in [5.74, 6) is -1.11. The molecule has 28 heavy (non-hydrogen) atoms. The van der Waals surface area contributed by atoms with Gasteiger partial charge in [-0.25, -0.2) is 14.8 Å². The summed E-state index contributed by atoms with van der Waals surface area (Å²) in [6.45, 7) is 1.61. The SMILES string of the molecule is Cc1ccc(-c2csc(NC(=O)COC(=O)c3cn4ccccc4n3)n2)cc1. The van der Waals surface area contributed by atoms with Crippen molar-refractivity contribution in [3.63, 3.8) is 0 Å². The van der Waals surface area contributed by atoms with Gasteiger partial charge in [-0.15, -0.1) is 11.3 Å². The highest BCUT2D eigenvalue weighted by molar-refractivity contribution is 7.14. The summed E-state index contributed by atoms with van der Waals surface area (Å²) in [4.78, 5) is 32.7. The topological polar surface area (TPSA) is 85.6 Å². The number of anilines is 1. The molecular formula is C20H16N4O3S. The molecule has 0 saturated carbocycles. The fourth-order valence-electron chi connectivity index (χ4n) is 2.58. The summed E-state index contributed by atoms with van der Waals surface area (Å²) in [5.41, 5.74) is 3.70. The van der Waals surface area contributed by atoms with E-state index in [1.165, 1.54) is 16.9 Å². The summed E-state index contributed by atoms with van der Waals surface area (Å²) in [6, 6.07) is 13.4. The molecule has 1 N–H and O–H groups in total. The molecule has 3 heterocycles. The third kappa shape index (κ3) is 3.91. The van der Waals surface area contributed by atoms with E-state index in [1.807, 2.05) is 48.7 Å². The molecule has 0 saturated heterocycles. The van der Waals surface area contributed by atoms with Crippen LogP contribution in [-0.4, -0.2) is 32.9 Å². The summed E-state index contributed by atoms with van der Waals surface area (Å²) in [6.07, 6.45) is 3.34. The Morgan fingerprint density at radius 1 is 1.14 bits per heavy atom. The van der Waals surface area contributed by atoms with Gasteiger partial charge in [-0.05, 0) is 19.1 Å². The van der Waals surface area contributed by atoms with E-state index in [4.69, 9.17) is 4.74 Å². The number of ether oxygens (including phenoxy) is 1. The molecule has 0 bridgehead atoms. The minimum atomic E-state index is -0.654. The number of hydrogen-bond donors (Lipinski definition) is 1. The van der Waals surface area contributed by atoms with Crippen LogP contribution in [0.15, 0.2) is 60.2 Å². The highest BCUT2D eigenvalue weighted by Crippen LogP contribution is 2.25. The molecule has 1 aromatic carbocycles. The number of nitrogens with one attached hydrogen (secondary N) is 1. The molecule has 0 radical (unpaired) electrons. The molecule has 140 valence electrons. The quantitative estimate of drug-likeness (QED) is 0.525. The molecule has 3 aromatic heterocycles. The number of amides is 1. The number of carbonyl (C=O) groups excluding carboxylic acids is 2. The fraction of sp³-hybridized carbons (Fsp3) is 0.100. The van der Waals surface area contributed by atoms with Crippen LogP contribution < -0.4 is 5.32 Å². The maximum absolute atomic E-state index is 12.1. The number of benzene rings is 1. The van der Waals surface area contributed by atoms with Gasteiger partial charge in [-0.1, -0.05) is 35.9 Å². The van der Waals surface area contributed by atoms with Crippen LogP contribution in [0.2, 0.25) is 0 Å². The van der Waals surface area contributed by atoms with Crippen LogP contribution in [0.1, 0.15) is 16.1 Å². The number of fused-ring (bicyclic) bond motifs is 1. The number of carbonyl (C=O) groups is 2. The number of aryl methyl sites for hydroxylation is 1. The smallest absolute Gasteiger partial charge is 0.359 e. The van der Waals surface area contributed by atoms with E-state index >= 15 is 0 Å². The average molecular weight is 392 g/mol. The first kappa shape index (κ1) is 17.9. The highest BCUT2D eigenvalue weighted by Gasteiger charge is 2.15. The molecule has 8 heteroatoms. The zero-order valence-electron chi connectivity index (χ0n) is 15.0. The van der Waals surface area contributed by atoms with E-state index in [0.29, 0.717) is 10.8 Å². The van der Waals surface area contributed by atoms with E-state index in [0.717, 1.165) is 11.3 Å². The molecule has 1 amide bonds. The minimum absolute atomic E-state index is 0.148. The second kappa shape index (κ2) is 7.61. The van der Waals surface area contributed by atoms with Crippen LogP contribution in [0.3, 0.4) is 0 Å². The number of rotatable bonds is 5. The Morgan fingerprint density at radius 2 is 1.96 bits per heavy atom. The van der Waals surface area contributed by atoms with E-state index in [9.17, 15) is 9.59 Å². The summed E-state index contributed by atoms with van der Waals surface area (Å²) in [5, 5.41) is 4.96. The molecule has 0 fully saturated rings. The molecule has 0 aliphatic carbocycles. The Kier molecular flexibility index (Phi) is 4.86. The van der Waals surface area contributed by atoms with Crippen LogP contribution in [0, 0.1) is 6.92 Å². The van der Waals surface area contributed by atoms with Crippen molar-refractivity contribution in [1.29, 1.82) is 0 Å². The molecule has 4 aromatic rings. The van der Waals surface area contributed by atoms with Gasteiger partial charge in [-0.2, -0.15) is 0 Å². The lowest BCUT2D eigenvalue weighted by Crippen LogP contribution is -2.21. The predicted octanol–water partition coefficient (Wildman–Crippen LogP) is 3.56. The standard InChI is InChI=1S/C20H16N4O3S/c1-13-5-7-14(8-6-13)16-12-28-20(22-16)23-18(25)11-27-19(26)15-10-24-9-3-2-4-17(24)21-15/h2-10,12H,11H2,1H3,(H,22,23,25). The van der Waals surface area contributed by atoms with Crippen molar-refractivity contribution in [2.45, 2.75) is 6.92 Å². The first-order valence-corrected chi connectivity index (χ1v) is 9.40. The maximum Gasteiger partial charge on any atom is 0.359 e. The molecule has 0 spiro atoms. The number of nitrogens with zero attached hydrogens (tertiary/aromatic N) is 3. The van der Waals surface area contributed by atoms with Crippen molar-refractivity contribution in [3.8, 4) is 11.3 Å². The van der Waals surface area contributed by atoms with E-state index < -0.39 is 18.5 Å². The van der Waals surface area contributed by atoms with Gasteiger partial charge in [0, 0.05) is 23.3 Å². The Hall–Kier alpha value is -3.52. The third-order valence-corrected chi connectivity index (χ3v) is 4.76. The van der Waals surface area contributed by atoms with Crippen LogP contribution in [-0.2, 0) is 9.53 Å². The number of imidazole rings is 1. The second-order valence-electron chi connectivity index (χ2n) is 6.12. The van der Waals surface area contributed by atoms with Crippen LogP contribution >= 0.6 is 11.3 Å². The summed E-state index contributed by atoms with van der Waals surface area (Å²) in [7, 11) is 0. The van der Waals surface area contributed by atoms with Gasteiger partial charge in [0.1, 0.15) is 5.65 Å². The Bertz CT molecular complexity index is 1110. The van der Waals surface area contributed by atoms with Crippen molar-refractivity contribution in [1.82, 2.24) is 14.4 Å². The number of thiazole rings is 1. The molecular weight excluding hydrogens is 376 g/mol. The molecule has 0 atom stereocenters. The lowest BCUT2D eigenvalue weighted by Gasteiger charge is -2.03. The van der Waals surface area contributed by atoms with Crippen LogP contribution in [0.5, 0.6) is 0 Å².